The van der Waals surface area contributed by atoms with E-state index in [2.05, 4.69) is 14.5 Å². The van der Waals surface area contributed by atoms with E-state index in [9.17, 15) is 4.79 Å². The number of hydrogen-bond donors (Lipinski definition) is 0. The van der Waals surface area contributed by atoms with Crippen LogP contribution in [0.5, 0.6) is 11.5 Å². The highest BCUT2D eigenvalue weighted by Crippen LogP contribution is 2.35. The van der Waals surface area contributed by atoms with Gasteiger partial charge in [0.15, 0.2) is 11.5 Å². The molecule has 0 aliphatic carbocycles. The first-order chi connectivity index (χ1) is 14.2. The number of rotatable bonds is 7. The first kappa shape index (κ1) is 19.0. The molecular formula is C22H23N3O4. The van der Waals surface area contributed by atoms with Gasteiger partial charge in [0.1, 0.15) is 5.82 Å². The quantitative estimate of drug-likeness (QED) is 0.448. The molecule has 0 N–H and O–H groups in total. The first-order valence-electron chi connectivity index (χ1n) is 9.63. The Morgan fingerprint density at radius 1 is 1.17 bits per heavy atom. The molecule has 3 aromatic rings. The molecule has 3 heterocycles. The number of unbranched alkanes of at least 4 members (excludes halogenated alkanes) is 1. The highest BCUT2D eigenvalue weighted by Gasteiger charge is 2.19. The van der Waals surface area contributed by atoms with Crippen LogP contribution in [0.4, 0.5) is 0 Å². The monoisotopic (exact) mass is 393 g/mol. The summed E-state index contributed by atoms with van der Waals surface area (Å²) in [5.74, 6) is 2.18. The van der Waals surface area contributed by atoms with Crippen LogP contribution in [0.2, 0.25) is 0 Å². The van der Waals surface area contributed by atoms with Crippen molar-refractivity contribution in [2.45, 2.75) is 32.6 Å². The third-order valence-corrected chi connectivity index (χ3v) is 4.86. The van der Waals surface area contributed by atoms with Crippen molar-refractivity contribution in [1.82, 2.24) is 14.5 Å². The second-order valence-electron chi connectivity index (χ2n) is 6.88. The molecule has 0 saturated carbocycles. The van der Waals surface area contributed by atoms with E-state index in [0.29, 0.717) is 6.42 Å². The summed E-state index contributed by atoms with van der Waals surface area (Å²) in [7, 11) is 1.41. The molecule has 0 unspecified atom stereocenters. The van der Waals surface area contributed by atoms with Crippen molar-refractivity contribution in [3.63, 3.8) is 0 Å². The summed E-state index contributed by atoms with van der Waals surface area (Å²) >= 11 is 0. The van der Waals surface area contributed by atoms with Gasteiger partial charge in [-0.2, -0.15) is 0 Å². The lowest BCUT2D eigenvalue weighted by Gasteiger charge is -2.13. The lowest BCUT2D eigenvalue weighted by atomic mass is 10.1. The van der Waals surface area contributed by atoms with Crippen LogP contribution in [0.3, 0.4) is 0 Å². The summed E-state index contributed by atoms with van der Waals surface area (Å²) in [5.41, 5.74) is 3.65. The lowest BCUT2D eigenvalue weighted by molar-refractivity contribution is -0.140. The third-order valence-electron chi connectivity index (χ3n) is 4.86. The van der Waals surface area contributed by atoms with Gasteiger partial charge in [-0.15, -0.1) is 0 Å². The molecule has 0 fully saturated rings. The fraction of sp³-hybridized carbons (Fsp3) is 0.318. The van der Waals surface area contributed by atoms with E-state index in [1.165, 1.54) is 7.11 Å². The number of ether oxygens (including phenoxy) is 3. The zero-order valence-electron chi connectivity index (χ0n) is 16.6. The molecule has 0 saturated heterocycles. The first-order valence-corrected chi connectivity index (χ1v) is 9.63. The molecule has 1 aliphatic heterocycles. The average molecular weight is 393 g/mol. The fourth-order valence-electron chi connectivity index (χ4n) is 3.40. The molecular weight excluding hydrogens is 370 g/mol. The maximum Gasteiger partial charge on any atom is 0.305 e. The summed E-state index contributed by atoms with van der Waals surface area (Å²) in [6, 6.07) is 11.8. The van der Waals surface area contributed by atoms with E-state index in [1.807, 2.05) is 49.5 Å². The maximum atomic E-state index is 11.4. The number of carbonyl (C=O) groups excluding carboxylic acids is 1. The lowest BCUT2D eigenvalue weighted by Crippen LogP contribution is -2.05. The highest BCUT2D eigenvalue weighted by atomic mass is 16.7. The van der Waals surface area contributed by atoms with Crippen LogP contribution in [0.15, 0.2) is 42.6 Å². The Labute approximate surface area is 169 Å². The van der Waals surface area contributed by atoms with Crippen LogP contribution < -0.4 is 9.47 Å². The van der Waals surface area contributed by atoms with Crippen molar-refractivity contribution in [2.24, 2.45) is 0 Å². The van der Waals surface area contributed by atoms with Crippen molar-refractivity contribution in [2.75, 3.05) is 13.9 Å². The number of benzene rings is 1. The van der Waals surface area contributed by atoms with Crippen molar-refractivity contribution in [3.05, 3.63) is 54.1 Å². The van der Waals surface area contributed by atoms with E-state index in [1.54, 1.807) is 0 Å². The SMILES string of the molecule is COC(=O)CCCCc1ncc(-c2cccc(C)n2)n1-c1ccc2c(c1)OCO2. The summed E-state index contributed by atoms with van der Waals surface area (Å²) in [5, 5.41) is 0. The number of methoxy groups -OCH3 is 1. The number of imidazole rings is 1. The number of pyridine rings is 1. The number of esters is 1. The molecule has 1 aromatic carbocycles. The number of hydrogen-bond acceptors (Lipinski definition) is 6. The van der Waals surface area contributed by atoms with Crippen molar-refractivity contribution < 1.29 is 19.0 Å². The van der Waals surface area contributed by atoms with Crippen LogP contribution in [0, 0.1) is 6.92 Å². The highest BCUT2D eigenvalue weighted by molar-refractivity contribution is 5.69. The normalized spacial score (nSPS) is 12.2. The summed E-state index contributed by atoms with van der Waals surface area (Å²) < 4.78 is 17.8. The topological polar surface area (TPSA) is 75.5 Å². The van der Waals surface area contributed by atoms with Crippen molar-refractivity contribution in [3.8, 4) is 28.6 Å². The Morgan fingerprint density at radius 3 is 2.86 bits per heavy atom. The second kappa shape index (κ2) is 8.34. The van der Waals surface area contributed by atoms with Crippen molar-refractivity contribution in [1.29, 1.82) is 0 Å². The molecule has 150 valence electrons. The molecule has 0 spiro atoms. The van der Waals surface area contributed by atoms with Crippen LogP contribution in [0.1, 0.15) is 30.8 Å². The smallest absolute Gasteiger partial charge is 0.305 e. The van der Waals surface area contributed by atoms with Crippen molar-refractivity contribution >= 4 is 5.97 Å². The van der Waals surface area contributed by atoms with Crippen LogP contribution in [-0.2, 0) is 16.0 Å². The van der Waals surface area contributed by atoms with Crippen LogP contribution in [0.25, 0.3) is 17.1 Å². The maximum absolute atomic E-state index is 11.4. The van der Waals surface area contributed by atoms with Crippen LogP contribution >= 0.6 is 0 Å². The molecule has 0 radical (unpaired) electrons. The van der Waals surface area contributed by atoms with Crippen LogP contribution in [-0.4, -0.2) is 34.4 Å². The Hall–Kier alpha value is -3.35. The van der Waals surface area contributed by atoms with Gasteiger partial charge >= 0.3 is 5.97 Å². The van der Waals surface area contributed by atoms with E-state index in [4.69, 9.17) is 14.2 Å². The molecule has 7 heteroatoms. The standard InChI is InChI=1S/C22H23N3O4/c1-15-6-5-7-17(24-15)18-13-23-21(8-3-4-9-22(26)27-2)25(18)16-10-11-19-20(12-16)29-14-28-19/h5-7,10-13H,3-4,8-9,14H2,1-2H3. The summed E-state index contributed by atoms with van der Waals surface area (Å²) in [6.45, 7) is 2.20. The Bertz CT molecular complexity index is 1030. The molecule has 0 bridgehead atoms. The Morgan fingerprint density at radius 2 is 2.03 bits per heavy atom. The minimum absolute atomic E-state index is 0.186. The van der Waals surface area contributed by atoms with Gasteiger partial charge < -0.3 is 14.2 Å². The number of fused-ring (bicyclic) bond motifs is 1. The number of carbonyl (C=O) groups is 1. The molecule has 0 amide bonds. The minimum Gasteiger partial charge on any atom is -0.469 e. The van der Waals surface area contributed by atoms with E-state index in [-0.39, 0.29) is 12.8 Å². The van der Waals surface area contributed by atoms with Gasteiger partial charge in [0.2, 0.25) is 6.79 Å². The zero-order valence-corrected chi connectivity index (χ0v) is 16.6. The minimum atomic E-state index is -0.186. The van der Waals surface area contributed by atoms with Gasteiger partial charge in [0.25, 0.3) is 0 Å². The summed E-state index contributed by atoms with van der Waals surface area (Å²) in [4.78, 5) is 20.7. The largest absolute Gasteiger partial charge is 0.469 e. The average Bonchev–Trinajstić information content (AvgIpc) is 3.37. The van der Waals surface area contributed by atoms with Gasteiger partial charge in [-0.05, 0) is 44.0 Å². The number of aromatic nitrogens is 3. The molecule has 29 heavy (non-hydrogen) atoms. The molecule has 0 atom stereocenters. The van der Waals surface area contributed by atoms with Gasteiger partial charge in [0, 0.05) is 24.6 Å². The Kier molecular flexibility index (Phi) is 5.46. The number of aryl methyl sites for hydroxylation is 2. The molecule has 1 aliphatic rings. The van der Waals surface area contributed by atoms with Gasteiger partial charge in [-0.25, -0.2) is 4.98 Å². The van der Waals surface area contributed by atoms with Gasteiger partial charge in [-0.3, -0.25) is 14.3 Å². The fourth-order valence-corrected chi connectivity index (χ4v) is 3.40. The third kappa shape index (κ3) is 4.08. The summed E-state index contributed by atoms with van der Waals surface area (Å²) in [6.07, 6.45) is 4.57. The molecule has 7 nitrogen and oxygen atoms in total. The second-order valence-corrected chi connectivity index (χ2v) is 6.88. The molecule has 2 aromatic heterocycles. The van der Waals surface area contributed by atoms with Gasteiger partial charge in [0.05, 0.1) is 30.4 Å². The van der Waals surface area contributed by atoms with E-state index < -0.39 is 0 Å². The predicted molar refractivity (Wildman–Crippen MR) is 107 cm³/mol. The van der Waals surface area contributed by atoms with E-state index in [0.717, 1.165) is 59.4 Å². The predicted octanol–water partition coefficient (Wildman–Crippen LogP) is 3.86. The Balaban J connectivity index is 1.67. The molecule has 4 rings (SSSR count). The van der Waals surface area contributed by atoms with E-state index >= 15 is 0 Å². The zero-order chi connectivity index (χ0) is 20.2. The number of nitrogens with zero attached hydrogens (tertiary/aromatic N) is 3. The van der Waals surface area contributed by atoms with Gasteiger partial charge in [-0.1, -0.05) is 6.07 Å².